The summed E-state index contributed by atoms with van der Waals surface area (Å²) in [7, 11) is -1.34. The van der Waals surface area contributed by atoms with Crippen LogP contribution in [0.3, 0.4) is 0 Å². The minimum atomic E-state index is -1.34. The van der Waals surface area contributed by atoms with Gasteiger partial charge in [-0.3, -0.25) is 4.98 Å². The third kappa shape index (κ3) is 7.51. The van der Waals surface area contributed by atoms with Crippen molar-refractivity contribution in [1.29, 1.82) is 0 Å². The quantitative estimate of drug-likeness (QED) is 0.123. The zero-order valence-electron chi connectivity index (χ0n) is 32.8. The van der Waals surface area contributed by atoms with E-state index in [1.54, 1.807) is 0 Å². The van der Waals surface area contributed by atoms with Crippen molar-refractivity contribution in [2.45, 2.75) is 39.9 Å². The minimum Gasteiger partial charge on any atom is -0.333 e. The molecular weight excluding hydrogens is 907 g/mol. The van der Waals surface area contributed by atoms with Crippen LogP contribution < -0.4 is 5.19 Å². The molecule has 0 saturated heterocycles. The van der Waals surface area contributed by atoms with Crippen molar-refractivity contribution in [2.24, 2.45) is 5.92 Å². The van der Waals surface area contributed by atoms with Crippen molar-refractivity contribution in [3.8, 4) is 28.3 Å². The topological polar surface area (TPSA) is 30.7 Å². The van der Waals surface area contributed by atoms with Crippen molar-refractivity contribution in [3.05, 3.63) is 169 Å². The summed E-state index contributed by atoms with van der Waals surface area (Å²) in [5.74, 6) is 1.59. The monoisotopic (exact) mass is 950 g/mol. The predicted molar refractivity (Wildman–Crippen MR) is 243 cm³/mol. The van der Waals surface area contributed by atoms with Crippen LogP contribution in [0.15, 0.2) is 152 Å². The Kier molecular flexibility index (Phi) is 10.8. The number of imidazole rings is 1. The third-order valence-corrected chi connectivity index (χ3v) is 13.8. The van der Waals surface area contributed by atoms with E-state index in [2.05, 4.69) is 183 Å². The molecule has 0 aliphatic heterocycles. The molecular formula is C51H43IrN3SSi-2. The fourth-order valence-electron chi connectivity index (χ4n) is 7.92. The molecule has 0 N–H and O–H groups in total. The van der Waals surface area contributed by atoms with Gasteiger partial charge < -0.3 is 9.55 Å². The Morgan fingerprint density at radius 3 is 2.14 bits per heavy atom. The van der Waals surface area contributed by atoms with Crippen LogP contribution in [-0.2, 0) is 26.5 Å². The Morgan fingerprint density at radius 1 is 0.684 bits per heavy atom. The Hall–Kier alpha value is -5.23. The molecule has 10 rings (SSSR count). The summed E-state index contributed by atoms with van der Waals surface area (Å²) in [5.41, 5.74) is 7.87. The van der Waals surface area contributed by atoms with E-state index in [0.717, 1.165) is 45.8 Å². The van der Waals surface area contributed by atoms with Crippen molar-refractivity contribution in [2.75, 3.05) is 0 Å². The van der Waals surface area contributed by atoms with Gasteiger partial charge in [0.1, 0.15) is 0 Å². The Morgan fingerprint density at radius 2 is 1.39 bits per heavy atom. The van der Waals surface area contributed by atoms with Gasteiger partial charge in [-0.2, -0.15) is 11.3 Å². The maximum Gasteiger partial charge on any atom is 0.0798 e. The summed E-state index contributed by atoms with van der Waals surface area (Å²) in [6, 6.07) is 58.1. The molecule has 0 bridgehead atoms. The number of benzene rings is 7. The molecule has 57 heavy (non-hydrogen) atoms. The zero-order valence-corrected chi connectivity index (χ0v) is 37.0. The molecule has 0 aliphatic carbocycles. The Balaban J connectivity index is 0.000000186. The second-order valence-corrected chi connectivity index (χ2v) is 22.1. The number of hydrogen-bond acceptors (Lipinski definition) is 3. The summed E-state index contributed by atoms with van der Waals surface area (Å²) >= 11 is 1.82. The number of aromatic nitrogens is 3. The molecule has 283 valence electrons. The molecule has 0 fully saturated rings. The molecule has 3 nitrogen and oxygen atoms in total. The second kappa shape index (κ2) is 16.0. The molecule has 3 aromatic heterocycles. The fourth-order valence-corrected chi connectivity index (χ4v) is 10.7. The van der Waals surface area contributed by atoms with E-state index in [1.165, 1.54) is 52.5 Å². The molecule has 0 atom stereocenters. The summed E-state index contributed by atoms with van der Waals surface area (Å²) < 4.78 is 4.84. The van der Waals surface area contributed by atoms with E-state index in [0.29, 0.717) is 5.92 Å². The third-order valence-electron chi connectivity index (χ3n) is 10.5. The average molecular weight is 950 g/mol. The molecule has 1 radical (unpaired) electrons. The first-order chi connectivity index (χ1) is 27.2. The summed E-state index contributed by atoms with van der Waals surface area (Å²) in [4.78, 5) is 9.96. The predicted octanol–water partition coefficient (Wildman–Crippen LogP) is 13.5. The van der Waals surface area contributed by atoms with Crippen molar-refractivity contribution >= 4 is 77.3 Å². The summed E-state index contributed by atoms with van der Waals surface area (Å²) in [6.45, 7) is 11.7. The maximum atomic E-state index is 5.27. The molecule has 0 saturated carbocycles. The summed E-state index contributed by atoms with van der Waals surface area (Å²) in [5, 5.41) is 8.86. The molecule has 7 aromatic carbocycles. The van der Waals surface area contributed by atoms with Gasteiger partial charge in [-0.05, 0) is 73.7 Å². The van der Waals surface area contributed by atoms with Gasteiger partial charge >= 0.3 is 0 Å². The number of nitrogens with zero attached hydrogens (tertiary/aromatic N) is 3. The Labute approximate surface area is 353 Å². The molecule has 0 amide bonds. The van der Waals surface area contributed by atoms with E-state index in [-0.39, 0.29) is 20.1 Å². The van der Waals surface area contributed by atoms with Crippen LogP contribution in [0.25, 0.3) is 81.1 Å². The first-order valence-corrected chi connectivity index (χ1v) is 23.7. The van der Waals surface area contributed by atoms with Gasteiger partial charge in [0.25, 0.3) is 0 Å². The number of pyridine rings is 1. The van der Waals surface area contributed by atoms with Crippen molar-refractivity contribution in [1.82, 2.24) is 14.5 Å². The van der Waals surface area contributed by atoms with Crippen LogP contribution in [0.2, 0.25) is 19.6 Å². The molecule has 0 spiro atoms. The number of fused-ring (bicyclic) bond motifs is 6. The molecule has 0 unspecified atom stereocenters. The fraction of sp³-hybridized carbons (Fsp3) is 0.137. The first-order valence-electron chi connectivity index (χ1n) is 19.4. The molecule has 0 aliphatic rings. The van der Waals surface area contributed by atoms with E-state index < -0.39 is 8.07 Å². The maximum absolute atomic E-state index is 5.27. The molecule has 6 heteroatoms. The van der Waals surface area contributed by atoms with Gasteiger partial charge in [0, 0.05) is 42.1 Å². The van der Waals surface area contributed by atoms with Gasteiger partial charge in [-0.1, -0.05) is 135 Å². The van der Waals surface area contributed by atoms with Gasteiger partial charge in [0.15, 0.2) is 0 Å². The van der Waals surface area contributed by atoms with Crippen molar-refractivity contribution < 1.29 is 20.1 Å². The van der Waals surface area contributed by atoms with E-state index in [9.17, 15) is 0 Å². The van der Waals surface area contributed by atoms with Crippen LogP contribution in [0, 0.1) is 18.1 Å². The second-order valence-electron chi connectivity index (χ2n) is 16.0. The van der Waals surface area contributed by atoms with Gasteiger partial charge in [-0.25, -0.2) is 0 Å². The van der Waals surface area contributed by atoms with E-state index in [1.807, 2.05) is 35.6 Å². The first kappa shape index (κ1) is 38.6. The SMILES string of the molecule is CC(C)Cc1cc(-c2[c-]cccc2)ncc1[Si](C)(C)C.[Ir].[c-]1ccc2c(sc3ccccc32)c1-c1nc2cc3ccccc3cc2n1-c1cccc2ccccc12. The average Bonchev–Trinajstić information content (AvgIpc) is 3.78. The number of thiophene rings is 1. The smallest absolute Gasteiger partial charge is 0.0798 e. The van der Waals surface area contributed by atoms with Gasteiger partial charge in [0.2, 0.25) is 0 Å². The van der Waals surface area contributed by atoms with E-state index in [4.69, 9.17) is 4.98 Å². The van der Waals surface area contributed by atoms with Crippen LogP contribution in [0.1, 0.15) is 19.4 Å². The van der Waals surface area contributed by atoms with Crippen molar-refractivity contribution in [3.63, 3.8) is 0 Å². The van der Waals surface area contributed by atoms with Crippen LogP contribution in [0.4, 0.5) is 0 Å². The molecule has 10 aromatic rings. The van der Waals surface area contributed by atoms with Gasteiger partial charge in [0.05, 0.1) is 24.9 Å². The standard InChI is InChI=1S/C33H19N2S.C18H24NSi.Ir/c1-2-11-23-20-30-28(19-22(23)10-1)34-33(35(30)29-17-7-12-21-9-3-4-13-24(21)29)27-16-8-15-26-25-14-5-6-18-31(25)36-32(26)27;1-14(2)11-16-12-17(15-9-7-6-8-10-15)19-13-18(16)20(3,4)5;/h1-15,17-20H;6-9,12-14H,11H2,1-5H3;/q2*-1;. The van der Waals surface area contributed by atoms with Crippen LogP contribution >= 0.6 is 11.3 Å². The zero-order chi connectivity index (χ0) is 38.4. The van der Waals surface area contributed by atoms with Crippen LogP contribution in [-0.4, -0.2) is 22.6 Å². The number of hydrogen-bond donors (Lipinski definition) is 0. The summed E-state index contributed by atoms with van der Waals surface area (Å²) in [6.07, 6.45) is 3.24. The number of rotatable bonds is 6. The van der Waals surface area contributed by atoms with Crippen LogP contribution in [0.5, 0.6) is 0 Å². The normalized spacial score (nSPS) is 11.7. The largest absolute Gasteiger partial charge is 0.333 e. The Bertz CT molecular complexity index is 3030. The molecule has 3 heterocycles. The van der Waals surface area contributed by atoms with E-state index >= 15 is 0 Å². The minimum absolute atomic E-state index is 0. The van der Waals surface area contributed by atoms with Gasteiger partial charge in [-0.15, -0.1) is 54.1 Å².